The summed E-state index contributed by atoms with van der Waals surface area (Å²) in [7, 11) is 0. The van der Waals surface area contributed by atoms with Gasteiger partial charge in [-0.1, -0.05) is 78.9 Å². The number of rotatable bonds is 1. The van der Waals surface area contributed by atoms with Crippen LogP contribution in [0.2, 0.25) is 0 Å². The molecule has 0 unspecified atom stereocenters. The first-order valence-electron chi connectivity index (χ1n) is 10.6. The van der Waals surface area contributed by atoms with Crippen molar-refractivity contribution in [1.82, 2.24) is 0 Å². The van der Waals surface area contributed by atoms with E-state index < -0.39 is 0 Å². The first-order chi connectivity index (χ1) is 16.3. The van der Waals surface area contributed by atoms with Gasteiger partial charge in [-0.2, -0.15) is 16.8 Å². The van der Waals surface area contributed by atoms with E-state index in [9.17, 15) is 5.26 Å². The van der Waals surface area contributed by atoms with Crippen LogP contribution in [0.5, 0.6) is 0 Å². The topological polar surface area (TPSA) is 52.9 Å². The normalized spacial score (nSPS) is 12.7. The second kappa shape index (κ2) is 7.12. The number of nitrogens with zero attached hydrogens (tertiary/aromatic N) is 4. The van der Waals surface area contributed by atoms with Crippen molar-refractivity contribution in [3.63, 3.8) is 0 Å². The van der Waals surface area contributed by atoms with Crippen LogP contribution in [0, 0.1) is 25.0 Å². The molecule has 6 aromatic carbocycles. The molecule has 6 rings (SSSR count). The molecule has 0 N–H and O–H groups in total. The van der Waals surface area contributed by atoms with Crippen molar-refractivity contribution in [2.24, 2.45) is 10.1 Å². The third-order valence-electron chi connectivity index (χ3n) is 6.50. The van der Waals surface area contributed by atoms with E-state index in [0.717, 1.165) is 59.8 Å². The van der Waals surface area contributed by atoms with Crippen LogP contribution in [0.15, 0.2) is 89.0 Å². The Bertz CT molecular complexity index is 1930. The maximum Gasteiger partial charge on any atom is 0.206 e. The largest absolute Gasteiger partial charge is 0.206 e. The highest BCUT2D eigenvalue weighted by Gasteiger charge is 2.24. The summed E-state index contributed by atoms with van der Waals surface area (Å²) < 4.78 is 0. The predicted octanol–water partition coefficient (Wildman–Crippen LogP) is 6.27. The van der Waals surface area contributed by atoms with Crippen LogP contribution in [0.1, 0.15) is 5.56 Å². The van der Waals surface area contributed by atoms with Gasteiger partial charge in [0, 0.05) is 32.5 Å². The zero-order valence-corrected chi connectivity index (χ0v) is 17.8. The summed E-state index contributed by atoms with van der Waals surface area (Å²) in [6.45, 7) is 9.60. The third-order valence-corrected chi connectivity index (χ3v) is 6.50. The van der Waals surface area contributed by atoms with Gasteiger partial charge < -0.3 is 0 Å². The van der Waals surface area contributed by atoms with Gasteiger partial charge in [-0.05, 0) is 34.2 Å². The maximum atomic E-state index is 9.53. The van der Waals surface area contributed by atoms with E-state index >= 15 is 0 Å². The molecule has 0 aliphatic carbocycles. The summed E-state index contributed by atoms with van der Waals surface area (Å²) in [5.41, 5.74) is 3.12. The summed E-state index contributed by atoms with van der Waals surface area (Å²) in [6.07, 6.45) is 2.02. The Kier molecular flexibility index (Phi) is 4.09. The van der Waals surface area contributed by atoms with Crippen LogP contribution in [0.4, 0.5) is 0 Å². The van der Waals surface area contributed by atoms with Crippen LogP contribution >= 0.6 is 0 Å². The minimum atomic E-state index is 0.698. The fraction of sp³-hybridized carbons (Fsp3) is 0.0345. The van der Waals surface area contributed by atoms with Crippen molar-refractivity contribution in [2.75, 3.05) is 0 Å². The molecule has 0 fully saturated rings. The quantitative estimate of drug-likeness (QED) is 0.176. The lowest BCUT2D eigenvalue weighted by Crippen LogP contribution is -2.03. The molecule has 4 nitrogen and oxygen atoms in total. The van der Waals surface area contributed by atoms with E-state index in [1.54, 1.807) is 0 Å². The number of fused-ring (bicyclic) bond motifs is 6. The standard InChI is InChI=1S/C29H16N4/c1-17-23-19-12-6-9-15-22(19)29(33-31-2)27(23)25(18-10-4-3-5-11-18)26-20-13-7-8-14-21(20)28(24(17)26)32-16-30/h3-15H,1H3/b32-28+,33-29+. The molecule has 6 aromatic rings. The van der Waals surface area contributed by atoms with Crippen molar-refractivity contribution in [1.29, 1.82) is 5.26 Å². The monoisotopic (exact) mass is 420 g/mol. The Hall–Kier alpha value is -4.80. The number of aryl methyl sites for hydroxylation is 1. The second-order valence-electron chi connectivity index (χ2n) is 8.07. The molecule has 0 heterocycles. The second-order valence-corrected chi connectivity index (χ2v) is 8.07. The highest BCUT2D eigenvalue weighted by atomic mass is 15.2. The molecular weight excluding hydrogens is 404 g/mol. The summed E-state index contributed by atoms with van der Waals surface area (Å²) in [5, 5.41) is 23.3. The average molecular weight is 420 g/mol. The van der Waals surface area contributed by atoms with Gasteiger partial charge in [0.1, 0.15) is 0 Å². The molecule has 0 spiro atoms. The fourth-order valence-corrected chi connectivity index (χ4v) is 5.31. The summed E-state index contributed by atoms with van der Waals surface area (Å²) >= 11 is 0. The molecule has 0 radical (unpaired) electrons. The number of hydrogen-bond donors (Lipinski definition) is 0. The molecule has 0 aromatic heterocycles. The molecule has 152 valence electrons. The Morgan fingerprint density at radius 3 is 1.91 bits per heavy atom. The summed E-state index contributed by atoms with van der Waals surface area (Å²) in [5.74, 6) is 0. The van der Waals surface area contributed by atoms with Crippen molar-refractivity contribution in [3.05, 3.63) is 107 Å². The number of benzene rings is 4. The zero-order valence-electron chi connectivity index (χ0n) is 17.8. The lowest BCUT2D eigenvalue weighted by Gasteiger charge is -2.11. The fourth-order valence-electron chi connectivity index (χ4n) is 5.31. The van der Waals surface area contributed by atoms with Crippen molar-refractivity contribution >= 4 is 43.1 Å². The van der Waals surface area contributed by atoms with Gasteiger partial charge in [0.05, 0.1) is 10.5 Å². The van der Waals surface area contributed by atoms with Gasteiger partial charge in [-0.25, -0.2) is 0 Å². The molecule has 0 aliphatic heterocycles. The molecule has 0 bridgehead atoms. The van der Waals surface area contributed by atoms with E-state index in [1.165, 1.54) is 0 Å². The average Bonchev–Trinajstić information content (AvgIpc) is 3.35. The van der Waals surface area contributed by atoms with Gasteiger partial charge in [0.25, 0.3) is 0 Å². The van der Waals surface area contributed by atoms with E-state index in [-0.39, 0.29) is 0 Å². The minimum absolute atomic E-state index is 0.698. The SMILES string of the molecule is [C-]#[N+]/N=c1\c2ccccc2c2c(C)c3/c(=N/C#N)c4ccccc4c3c(-c3ccccc3)c12. The first-order valence-corrected chi connectivity index (χ1v) is 10.6. The molecule has 0 amide bonds. The Balaban J connectivity index is 2.10. The van der Waals surface area contributed by atoms with Crippen LogP contribution in [0.25, 0.3) is 59.2 Å². The highest BCUT2D eigenvalue weighted by Crippen LogP contribution is 2.43. The molecule has 0 saturated heterocycles. The molecule has 0 saturated carbocycles. The Morgan fingerprint density at radius 2 is 1.27 bits per heavy atom. The van der Waals surface area contributed by atoms with Crippen molar-refractivity contribution < 1.29 is 0 Å². The van der Waals surface area contributed by atoms with E-state index in [4.69, 9.17) is 6.57 Å². The highest BCUT2D eigenvalue weighted by molar-refractivity contribution is 6.30. The minimum Gasteiger partial charge on any atom is -0.181 e. The maximum absolute atomic E-state index is 9.53. The molecule has 0 atom stereocenters. The zero-order chi connectivity index (χ0) is 22.5. The Morgan fingerprint density at radius 1 is 0.697 bits per heavy atom. The molecule has 4 heteroatoms. The van der Waals surface area contributed by atoms with Crippen LogP contribution in [-0.2, 0) is 0 Å². The lowest BCUT2D eigenvalue weighted by atomic mass is 9.91. The van der Waals surface area contributed by atoms with Crippen LogP contribution in [0.3, 0.4) is 0 Å². The van der Waals surface area contributed by atoms with Gasteiger partial charge in [0.2, 0.25) is 6.19 Å². The van der Waals surface area contributed by atoms with Gasteiger partial charge in [-0.15, -0.1) is 4.95 Å². The summed E-state index contributed by atoms with van der Waals surface area (Å²) in [6, 6.07) is 26.4. The number of hydrogen-bond acceptors (Lipinski definition) is 3. The number of nitriles is 1. The molecule has 33 heavy (non-hydrogen) atoms. The van der Waals surface area contributed by atoms with Crippen LogP contribution < -0.4 is 10.7 Å². The molecule has 0 aliphatic rings. The van der Waals surface area contributed by atoms with Gasteiger partial charge in [-0.3, -0.25) is 0 Å². The summed E-state index contributed by atoms with van der Waals surface area (Å²) in [4.78, 5) is 7.72. The Labute approximate surface area is 189 Å². The molecular formula is C29H16N4. The smallest absolute Gasteiger partial charge is 0.181 e. The van der Waals surface area contributed by atoms with Crippen molar-refractivity contribution in [2.45, 2.75) is 6.92 Å². The first kappa shape index (κ1) is 18.9. The van der Waals surface area contributed by atoms with Crippen molar-refractivity contribution in [3.8, 4) is 17.3 Å². The van der Waals surface area contributed by atoms with Gasteiger partial charge >= 0.3 is 0 Å². The van der Waals surface area contributed by atoms with E-state index in [0.29, 0.717) is 10.7 Å². The third kappa shape index (κ3) is 2.50. The van der Waals surface area contributed by atoms with Crippen LogP contribution in [-0.4, -0.2) is 0 Å². The lowest BCUT2D eigenvalue weighted by molar-refractivity contribution is 1.37. The predicted molar refractivity (Wildman–Crippen MR) is 132 cm³/mol. The van der Waals surface area contributed by atoms with E-state index in [1.807, 2.05) is 60.8 Å². The van der Waals surface area contributed by atoms with E-state index in [2.05, 4.69) is 46.2 Å². The van der Waals surface area contributed by atoms with Gasteiger partial charge in [0.15, 0.2) is 5.36 Å².